The molecular formula is C4H8O3P2. The minimum Gasteiger partial charge on any atom is -0.422 e. The third-order valence-corrected chi connectivity index (χ3v) is 2.06. The smallest absolute Gasteiger partial charge is 0.422 e. The lowest BCUT2D eigenvalue weighted by molar-refractivity contribution is 0.349. The molecule has 0 radical (unpaired) electrons. The summed E-state index contributed by atoms with van der Waals surface area (Å²) in [5.74, 6) is 0. The zero-order valence-corrected chi connectivity index (χ0v) is 6.87. The van der Waals surface area contributed by atoms with Gasteiger partial charge < -0.3 is 9.05 Å². The highest BCUT2D eigenvalue weighted by Crippen LogP contribution is 2.56. The molecule has 0 aliphatic heterocycles. The van der Waals surface area contributed by atoms with Crippen LogP contribution in [0.5, 0.6) is 0 Å². The van der Waals surface area contributed by atoms with Gasteiger partial charge in [-0.1, -0.05) is 13.2 Å². The van der Waals surface area contributed by atoms with E-state index in [1.165, 1.54) is 0 Å². The molecule has 0 aromatic rings. The van der Waals surface area contributed by atoms with Gasteiger partial charge in [-0.25, -0.2) is 4.57 Å². The average Bonchev–Trinajstić information content (AvgIpc) is 1.64. The highest BCUT2D eigenvalue weighted by atomic mass is 32.1. The molecule has 0 bridgehead atoms. The molecule has 0 saturated carbocycles. The molecule has 9 heavy (non-hydrogen) atoms. The quantitative estimate of drug-likeness (QED) is 0.474. The zero-order chi connectivity index (χ0) is 7.33. The Hall–Kier alpha value is -0.260. The van der Waals surface area contributed by atoms with Crippen LogP contribution in [0.4, 0.5) is 0 Å². The van der Waals surface area contributed by atoms with Crippen molar-refractivity contribution >= 4 is 16.2 Å². The Morgan fingerprint density at radius 3 is 1.89 bits per heavy atom. The van der Waals surface area contributed by atoms with Crippen molar-refractivity contribution in [2.45, 2.75) is 0 Å². The summed E-state index contributed by atoms with van der Waals surface area (Å²) in [6, 6.07) is 0. The van der Waals surface area contributed by atoms with E-state index in [9.17, 15) is 4.57 Å². The van der Waals surface area contributed by atoms with Crippen LogP contribution in [0.15, 0.2) is 25.7 Å². The summed E-state index contributed by atoms with van der Waals surface area (Å²) < 4.78 is 19.7. The molecule has 0 spiro atoms. The predicted molar refractivity (Wildman–Crippen MR) is 39.9 cm³/mol. The van der Waals surface area contributed by atoms with Crippen molar-refractivity contribution in [3.8, 4) is 0 Å². The maximum atomic E-state index is 10.8. The topological polar surface area (TPSA) is 35.5 Å². The Morgan fingerprint density at radius 2 is 1.67 bits per heavy atom. The highest BCUT2D eigenvalue weighted by Gasteiger charge is 2.13. The fraction of sp³-hybridized carbons (Fsp3) is 0. The minimum absolute atomic E-state index is 1.05. The van der Waals surface area contributed by atoms with Crippen LogP contribution in [0.1, 0.15) is 0 Å². The van der Waals surface area contributed by atoms with Crippen molar-refractivity contribution in [1.29, 1.82) is 0 Å². The summed E-state index contributed by atoms with van der Waals surface area (Å²) >= 11 is 0. The minimum atomic E-state index is -3.01. The Balaban J connectivity index is 3.85. The monoisotopic (exact) mass is 166 g/mol. The number of rotatable bonds is 4. The maximum Gasteiger partial charge on any atom is 0.441 e. The molecule has 1 unspecified atom stereocenters. The van der Waals surface area contributed by atoms with Gasteiger partial charge in [0.25, 0.3) is 0 Å². The summed E-state index contributed by atoms with van der Waals surface area (Å²) in [4.78, 5) is 0. The summed E-state index contributed by atoms with van der Waals surface area (Å²) in [6.45, 7) is 6.41. The summed E-state index contributed by atoms with van der Waals surface area (Å²) in [5, 5.41) is 0. The van der Waals surface area contributed by atoms with Gasteiger partial charge in [0.1, 0.15) is 0 Å². The molecule has 0 saturated heterocycles. The largest absolute Gasteiger partial charge is 0.441 e. The molecule has 0 aromatic heterocycles. The molecular weight excluding hydrogens is 158 g/mol. The highest BCUT2D eigenvalue weighted by molar-refractivity contribution is 8.12. The van der Waals surface area contributed by atoms with Crippen LogP contribution in [0.25, 0.3) is 0 Å². The molecule has 0 fully saturated rings. The standard InChI is InChI=1S/C4H8O3P2/c1-3-6-9(5,8)7-4-2/h3-4H,1-2,8H2. The van der Waals surface area contributed by atoms with Gasteiger partial charge in [0, 0.05) is 8.93 Å². The second-order valence-electron chi connectivity index (χ2n) is 1.08. The van der Waals surface area contributed by atoms with Crippen LogP contribution in [-0.4, -0.2) is 0 Å². The van der Waals surface area contributed by atoms with E-state index in [2.05, 4.69) is 22.2 Å². The van der Waals surface area contributed by atoms with Crippen LogP contribution in [-0.2, 0) is 13.6 Å². The zero-order valence-electron chi connectivity index (χ0n) is 4.82. The molecule has 0 aliphatic rings. The lowest BCUT2D eigenvalue weighted by atomic mass is 11.2. The van der Waals surface area contributed by atoms with Crippen molar-refractivity contribution in [2.24, 2.45) is 0 Å². The number of hydrogen-bond acceptors (Lipinski definition) is 3. The van der Waals surface area contributed by atoms with Crippen LogP contribution in [0.3, 0.4) is 0 Å². The van der Waals surface area contributed by atoms with Crippen LogP contribution in [0.2, 0.25) is 0 Å². The maximum absolute atomic E-state index is 10.8. The van der Waals surface area contributed by atoms with Gasteiger partial charge in [0.2, 0.25) is 0 Å². The van der Waals surface area contributed by atoms with Crippen LogP contribution < -0.4 is 0 Å². The first kappa shape index (κ1) is 8.74. The normalized spacial score (nSPS) is 9.89. The molecule has 0 rings (SSSR count). The van der Waals surface area contributed by atoms with Gasteiger partial charge in [-0.3, -0.25) is 0 Å². The van der Waals surface area contributed by atoms with E-state index in [0.717, 1.165) is 12.5 Å². The Kier molecular flexibility index (Phi) is 3.60. The third kappa shape index (κ3) is 4.26. The Bertz CT molecular complexity index is 140. The lowest BCUT2D eigenvalue weighted by Gasteiger charge is -2.07. The second-order valence-corrected chi connectivity index (χ2v) is 4.48. The third-order valence-electron chi connectivity index (χ3n) is 0.443. The van der Waals surface area contributed by atoms with Gasteiger partial charge >= 0.3 is 7.28 Å². The van der Waals surface area contributed by atoms with E-state index in [0.29, 0.717) is 0 Å². The predicted octanol–water partition coefficient (Wildman–Crippen LogP) is 2.29. The Morgan fingerprint density at radius 1 is 1.33 bits per heavy atom. The molecule has 0 N–H and O–H groups in total. The lowest BCUT2D eigenvalue weighted by Crippen LogP contribution is -1.73. The fourth-order valence-electron chi connectivity index (χ4n) is 0.233. The summed E-state index contributed by atoms with van der Waals surface area (Å²) in [7, 11) is -1.09. The van der Waals surface area contributed by atoms with Gasteiger partial charge in [-0.05, 0) is 0 Å². The summed E-state index contributed by atoms with van der Waals surface area (Å²) in [5.41, 5.74) is 0. The molecule has 1 atom stereocenters. The summed E-state index contributed by atoms with van der Waals surface area (Å²) in [6.07, 6.45) is 2.11. The SMILES string of the molecule is C=COP(=O)(P)OC=C. The molecule has 0 aromatic carbocycles. The van der Waals surface area contributed by atoms with Crippen LogP contribution >= 0.6 is 16.2 Å². The fourth-order valence-corrected chi connectivity index (χ4v) is 1.21. The first-order valence-electron chi connectivity index (χ1n) is 2.09. The van der Waals surface area contributed by atoms with E-state index >= 15 is 0 Å². The molecule has 0 heterocycles. The van der Waals surface area contributed by atoms with Crippen molar-refractivity contribution < 1.29 is 13.6 Å². The molecule has 3 nitrogen and oxygen atoms in total. The second kappa shape index (κ2) is 3.71. The van der Waals surface area contributed by atoms with Crippen molar-refractivity contribution in [3.63, 3.8) is 0 Å². The van der Waals surface area contributed by atoms with Crippen molar-refractivity contribution in [1.82, 2.24) is 0 Å². The first-order valence-corrected chi connectivity index (χ1v) is 5.25. The van der Waals surface area contributed by atoms with E-state index < -0.39 is 7.28 Å². The van der Waals surface area contributed by atoms with Gasteiger partial charge in [-0.2, -0.15) is 0 Å². The van der Waals surface area contributed by atoms with Gasteiger partial charge in [0.15, 0.2) is 0 Å². The Labute approximate surface area is 56.4 Å². The first-order chi connectivity index (χ1) is 4.12. The van der Waals surface area contributed by atoms with E-state index in [1.807, 2.05) is 8.93 Å². The van der Waals surface area contributed by atoms with E-state index in [4.69, 9.17) is 0 Å². The average molecular weight is 166 g/mol. The van der Waals surface area contributed by atoms with E-state index in [-0.39, 0.29) is 0 Å². The van der Waals surface area contributed by atoms with Gasteiger partial charge in [0.05, 0.1) is 12.5 Å². The van der Waals surface area contributed by atoms with Crippen molar-refractivity contribution in [2.75, 3.05) is 0 Å². The van der Waals surface area contributed by atoms with Gasteiger partial charge in [-0.15, -0.1) is 0 Å². The van der Waals surface area contributed by atoms with E-state index in [1.54, 1.807) is 0 Å². The van der Waals surface area contributed by atoms with Crippen LogP contribution in [0, 0.1) is 0 Å². The molecule has 5 heteroatoms. The number of hydrogen-bond donors (Lipinski definition) is 0. The molecule has 52 valence electrons. The molecule has 0 aliphatic carbocycles. The molecule has 0 amide bonds. The van der Waals surface area contributed by atoms with Crippen molar-refractivity contribution in [3.05, 3.63) is 25.7 Å².